The Morgan fingerprint density at radius 3 is 2.39 bits per heavy atom. The van der Waals surface area contributed by atoms with E-state index >= 15 is 0 Å². The summed E-state index contributed by atoms with van der Waals surface area (Å²) in [5, 5.41) is 2.86. The van der Waals surface area contributed by atoms with E-state index in [0.717, 1.165) is 0 Å². The van der Waals surface area contributed by atoms with Crippen LogP contribution >= 0.6 is 0 Å². The normalized spacial score (nSPS) is 13.4. The maximum atomic E-state index is 12.8. The maximum absolute atomic E-state index is 12.8. The van der Waals surface area contributed by atoms with E-state index in [2.05, 4.69) is 5.32 Å². The molecule has 1 heterocycles. The van der Waals surface area contributed by atoms with Crippen molar-refractivity contribution in [1.82, 2.24) is 4.90 Å². The molecule has 0 bridgehead atoms. The third kappa shape index (κ3) is 6.11. The number of amides is 2. The minimum atomic E-state index is -0.302. The molecule has 1 saturated heterocycles. The van der Waals surface area contributed by atoms with Gasteiger partial charge in [-0.25, -0.2) is 0 Å². The van der Waals surface area contributed by atoms with Gasteiger partial charge in [-0.3, -0.25) is 9.59 Å². The molecule has 31 heavy (non-hydrogen) atoms. The minimum absolute atomic E-state index is 0.104. The highest BCUT2D eigenvalue weighted by molar-refractivity contribution is 6.05. The van der Waals surface area contributed by atoms with E-state index in [0.29, 0.717) is 68.0 Å². The van der Waals surface area contributed by atoms with Crippen molar-refractivity contribution in [2.24, 2.45) is 0 Å². The molecular formula is C23H28N2O6. The van der Waals surface area contributed by atoms with E-state index in [-0.39, 0.29) is 18.4 Å². The molecule has 166 valence electrons. The Morgan fingerprint density at radius 1 is 0.935 bits per heavy atom. The van der Waals surface area contributed by atoms with Crippen molar-refractivity contribution in [3.63, 3.8) is 0 Å². The van der Waals surface area contributed by atoms with Crippen molar-refractivity contribution in [2.75, 3.05) is 51.4 Å². The molecule has 1 aliphatic heterocycles. The van der Waals surface area contributed by atoms with Gasteiger partial charge in [0.05, 0.1) is 32.1 Å². The number of carbonyl (C=O) groups is 2. The number of ether oxygens (including phenoxy) is 4. The van der Waals surface area contributed by atoms with Crippen molar-refractivity contribution >= 4 is 17.5 Å². The minimum Gasteiger partial charge on any atom is -0.492 e. The third-order valence-electron chi connectivity index (χ3n) is 4.66. The second-order valence-electron chi connectivity index (χ2n) is 6.76. The summed E-state index contributed by atoms with van der Waals surface area (Å²) in [4.78, 5) is 26.8. The lowest BCUT2D eigenvalue weighted by molar-refractivity contribution is -0.137. The first kappa shape index (κ1) is 22.4. The Bertz CT molecular complexity index is 895. The number of para-hydroxylation sites is 2. The molecule has 2 aromatic rings. The topological polar surface area (TPSA) is 86.3 Å². The quantitative estimate of drug-likeness (QED) is 0.661. The first-order valence-corrected chi connectivity index (χ1v) is 10.4. The van der Waals surface area contributed by atoms with Crippen LogP contribution in [0.25, 0.3) is 0 Å². The fourth-order valence-corrected chi connectivity index (χ4v) is 3.13. The highest BCUT2D eigenvalue weighted by Gasteiger charge is 2.19. The van der Waals surface area contributed by atoms with Gasteiger partial charge in [0.15, 0.2) is 18.1 Å². The molecule has 0 atom stereocenters. The lowest BCUT2D eigenvalue weighted by atomic mass is 10.1. The highest BCUT2D eigenvalue weighted by atomic mass is 16.5. The fraction of sp³-hybridized carbons (Fsp3) is 0.391. The molecule has 2 amide bonds. The predicted octanol–water partition coefficient (Wildman–Crippen LogP) is 2.97. The van der Waals surface area contributed by atoms with Crippen LogP contribution in [-0.2, 0) is 9.53 Å². The number of morpholine rings is 1. The van der Waals surface area contributed by atoms with E-state index in [1.54, 1.807) is 35.2 Å². The summed E-state index contributed by atoms with van der Waals surface area (Å²) >= 11 is 0. The van der Waals surface area contributed by atoms with Gasteiger partial charge in [0, 0.05) is 18.7 Å². The number of benzene rings is 2. The van der Waals surface area contributed by atoms with Crippen LogP contribution in [0.2, 0.25) is 0 Å². The van der Waals surface area contributed by atoms with Crippen molar-refractivity contribution in [2.45, 2.75) is 13.8 Å². The van der Waals surface area contributed by atoms with E-state index in [9.17, 15) is 9.59 Å². The number of nitrogens with zero attached hydrogens (tertiary/aromatic N) is 1. The molecule has 1 fully saturated rings. The molecule has 0 aromatic heterocycles. The van der Waals surface area contributed by atoms with Crippen molar-refractivity contribution < 1.29 is 28.5 Å². The summed E-state index contributed by atoms with van der Waals surface area (Å²) in [6.07, 6.45) is 0. The summed E-state index contributed by atoms with van der Waals surface area (Å²) in [6.45, 7) is 6.70. The zero-order valence-corrected chi connectivity index (χ0v) is 17.9. The molecule has 0 aliphatic carbocycles. The van der Waals surface area contributed by atoms with Gasteiger partial charge >= 0.3 is 0 Å². The summed E-state index contributed by atoms with van der Waals surface area (Å²) in [5.74, 6) is 1.01. The Balaban J connectivity index is 1.69. The van der Waals surface area contributed by atoms with Gasteiger partial charge in [0.1, 0.15) is 5.75 Å². The molecular weight excluding hydrogens is 400 g/mol. The number of hydrogen-bond acceptors (Lipinski definition) is 6. The van der Waals surface area contributed by atoms with Crippen molar-refractivity contribution in [3.05, 3.63) is 48.0 Å². The zero-order valence-electron chi connectivity index (χ0n) is 17.9. The average molecular weight is 428 g/mol. The van der Waals surface area contributed by atoms with Crippen LogP contribution in [0.4, 0.5) is 5.69 Å². The monoisotopic (exact) mass is 428 g/mol. The molecule has 8 heteroatoms. The van der Waals surface area contributed by atoms with E-state index in [1.807, 2.05) is 26.0 Å². The summed E-state index contributed by atoms with van der Waals surface area (Å²) in [6, 6.07) is 12.1. The second-order valence-corrected chi connectivity index (χ2v) is 6.76. The Labute approximate surface area is 182 Å². The van der Waals surface area contributed by atoms with Gasteiger partial charge in [-0.15, -0.1) is 0 Å². The van der Waals surface area contributed by atoms with Crippen LogP contribution in [0.15, 0.2) is 42.5 Å². The zero-order chi connectivity index (χ0) is 22.1. The van der Waals surface area contributed by atoms with Gasteiger partial charge in [0.25, 0.3) is 11.8 Å². The predicted molar refractivity (Wildman–Crippen MR) is 116 cm³/mol. The standard InChI is InChI=1S/C23H28N2O6/c1-3-29-19-8-6-5-7-18(19)24-23(27)17-9-10-20(21(15-17)30-4-2)31-16-22(26)25-11-13-28-14-12-25/h5-10,15H,3-4,11-14,16H2,1-2H3,(H,24,27). The SMILES string of the molecule is CCOc1ccccc1NC(=O)c1ccc(OCC(=O)N2CCOCC2)c(OCC)c1. The maximum Gasteiger partial charge on any atom is 0.260 e. The van der Waals surface area contributed by atoms with Crippen molar-refractivity contribution in [3.8, 4) is 17.2 Å². The molecule has 8 nitrogen and oxygen atoms in total. The number of hydrogen-bond donors (Lipinski definition) is 1. The number of carbonyl (C=O) groups excluding carboxylic acids is 2. The molecule has 1 N–H and O–H groups in total. The number of rotatable bonds is 9. The first-order valence-electron chi connectivity index (χ1n) is 10.4. The lowest BCUT2D eigenvalue weighted by Gasteiger charge is -2.26. The molecule has 0 radical (unpaired) electrons. The number of anilines is 1. The van der Waals surface area contributed by atoms with E-state index < -0.39 is 0 Å². The molecule has 0 unspecified atom stereocenters. The van der Waals surface area contributed by atoms with Crippen LogP contribution in [-0.4, -0.2) is 62.8 Å². The fourth-order valence-electron chi connectivity index (χ4n) is 3.13. The van der Waals surface area contributed by atoms with Gasteiger partial charge < -0.3 is 29.2 Å². The van der Waals surface area contributed by atoms with E-state index in [4.69, 9.17) is 18.9 Å². The van der Waals surface area contributed by atoms with E-state index in [1.165, 1.54) is 0 Å². The van der Waals surface area contributed by atoms with Gasteiger partial charge in [-0.2, -0.15) is 0 Å². The lowest BCUT2D eigenvalue weighted by Crippen LogP contribution is -2.43. The molecule has 1 aliphatic rings. The summed E-state index contributed by atoms with van der Waals surface area (Å²) < 4.78 is 22.2. The smallest absolute Gasteiger partial charge is 0.260 e. The van der Waals surface area contributed by atoms with Crippen LogP contribution in [0.1, 0.15) is 24.2 Å². The molecule has 0 saturated carbocycles. The first-order chi connectivity index (χ1) is 15.1. The average Bonchev–Trinajstić information content (AvgIpc) is 2.80. The highest BCUT2D eigenvalue weighted by Crippen LogP contribution is 2.30. The van der Waals surface area contributed by atoms with Crippen LogP contribution in [0, 0.1) is 0 Å². The molecule has 3 rings (SSSR count). The van der Waals surface area contributed by atoms with Crippen molar-refractivity contribution in [1.29, 1.82) is 0 Å². The largest absolute Gasteiger partial charge is 0.492 e. The van der Waals surface area contributed by atoms with Gasteiger partial charge in [-0.1, -0.05) is 12.1 Å². The Hall–Kier alpha value is -3.26. The second kappa shape index (κ2) is 11.2. The third-order valence-corrected chi connectivity index (χ3v) is 4.66. The Morgan fingerprint density at radius 2 is 1.65 bits per heavy atom. The summed E-state index contributed by atoms with van der Waals surface area (Å²) in [5.41, 5.74) is 0.991. The van der Waals surface area contributed by atoms with Gasteiger partial charge in [0.2, 0.25) is 0 Å². The summed E-state index contributed by atoms with van der Waals surface area (Å²) in [7, 11) is 0. The molecule has 0 spiro atoms. The Kier molecular flexibility index (Phi) is 8.12. The van der Waals surface area contributed by atoms with Gasteiger partial charge in [-0.05, 0) is 44.2 Å². The van der Waals surface area contributed by atoms with Crippen LogP contribution < -0.4 is 19.5 Å². The number of nitrogens with one attached hydrogen (secondary N) is 1. The molecule has 2 aromatic carbocycles. The van der Waals surface area contributed by atoms with Crippen LogP contribution in [0.5, 0.6) is 17.2 Å². The van der Waals surface area contributed by atoms with Crippen LogP contribution in [0.3, 0.4) is 0 Å².